The Morgan fingerprint density at radius 2 is 1.80 bits per heavy atom. The maximum Gasteiger partial charge on any atom is 0.159 e. The van der Waals surface area contributed by atoms with Crippen LogP contribution < -0.4 is 5.49 Å². The number of nitrogens with zero attached hydrogens (tertiary/aromatic N) is 3. The number of hydrogen-bond acceptors (Lipinski definition) is 4. The molecule has 3 rings (SSSR count). The van der Waals surface area contributed by atoms with Gasteiger partial charge in [-0.2, -0.15) is 5.10 Å². The van der Waals surface area contributed by atoms with Gasteiger partial charge in [-0.1, -0.05) is 12.1 Å². The van der Waals surface area contributed by atoms with Crippen LogP contribution in [0.5, 0.6) is 0 Å². The first-order valence-corrected chi connectivity index (χ1v) is 4.49. The fourth-order valence-electron chi connectivity index (χ4n) is 1.49. The maximum atomic E-state index is 7.77. The third kappa shape index (κ3) is 1.17. The van der Waals surface area contributed by atoms with Crippen molar-refractivity contribution in [3.63, 3.8) is 0 Å². The summed E-state index contributed by atoms with van der Waals surface area (Å²) in [6.45, 7) is 0. The predicted octanol–water partition coefficient (Wildman–Crippen LogP) is 0.986. The van der Waals surface area contributed by atoms with Crippen molar-refractivity contribution >= 4 is 22.1 Å². The third-order valence-electron chi connectivity index (χ3n) is 2.22. The van der Waals surface area contributed by atoms with Crippen LogP contribution in [0.15, 0.2) is 30.5 Å². The zero-order valence-electron chi connectivity index (χ0n) is 7.73. The third-order valence-corrected chi connectivity index (χ3v) is 2.22. The Morgan fingerprint density at radius 1 is 1.07 bits per heavy atom. The molecule has 0 aliphatic carbocycles. The van der Waals surface area contributed by atoms with Gasteiger partial charge < -0.3 is 0 Å². The maximum absolute atomic E-state index is 7.77. The smallest absolute Gasteiger partial charge is 0.159 e. The molecule has 0 aliphatic heterocycles. The van der Waals surface area contributed by atoms with E-state index in [1.165, 1.54) is 0 Å². The molecule has 1 aromatic carbocycles. The van der Waals surface area contributed by atoms with E-state index < -0.39 is 0 Å². The topological polar surface area (TPSA) is 78.3 Å². The Bertz CT molecular complexity index is 701. The van der Waals surface area contributed by atoms with E-state index >= 15 is 0 Å². The number of aromatic nitrogens is 4. The Hall–Kier alpha value is -2.30. The number of H-pyrrole nitrogens is 1. The summed E-state index contributed by atoms with van der Waals surface area (Å²) >= 11 is 0. The number of hydrogen-bond donors (Lipinski definition) is 2. The van der Waals surface area contributed by atoms with Crippen LogP contribution in [0, 0.1) is 5.41 Å². The lowest BCUT2D eigenvalue weighted by molar-refractivity contribution is 1.10. The Balaban J connectivity index is 2.67. The molecule has 2 N–H and O–H groups in total. The Labute approximate surface area is 84.3 Å². The zero-order valence-corrected chi connectivity index (χ0v) is 7.73. The number of aromatic amines is 1. The Kier molecular flexibility index (Phi) is 1.53. The average Bonchev–Trinajstić information content (AvgIpc) is 2.64. The second-order valence-electron chi connectivity index (χ2n) is 3.19. The molecule has 0 saturated heterocycles. The largest absolute Gasteiger partial charge is 0.282 e. The summed E-state index contributed by atoms with van der Waals surface area (Å²) in [5.41, 5.74) is 2.25. The van der Waals surface area contributed by atoms with Gasteiger partial charge in [-0.3, -0.25) is 10.5 Å². The van der Waals surface area contributed by atoms with E-state index in [0.29, 0.717) is 16.6 Å². The van der Waals surface area contributed by atoms with Crippen LogP contribution in [-0.4, -0.2) is 20.2 Å². The van der Waals surface area contributed by atoms with Crippen LogP contribution in [-0.2, 0) is 0 Å². The van der Waals surface area contributed by atoms with Crippen molar-refractivity contribution in [2.75, 3.05) is 0 Å². The lowest BCUT2D eigenvalue weighted by atomic mass is 10.3. The van der Waals surface area contributed by atoms with E-state index in [0.717, 1.165) is 5.52 Å². The summed E-state index contributed by atoms with van der Waals surface area (Å²) in [7, 11) is 0. The molecule has 5 nitrogen and oxygen atoms in total. The monoisotopic (exact) mass is 197 g/mol. The van der Waals surface area contributed by atoms with E-state index in [1.54, 1.807) is 6.20 Å². The summed E-state index contributed by atoms with van der Waals surface area (Å²) in [6, 6.07) is 7.47. The molecule has 2 heterocycles. The van der Waals surface area contributed by atoms with E-state index in [2.05, 4.69) is 20.2 Å². The van der Waals surface area contributed by atoms with Crippen LogP contribution in [0.2, 0.25) is 0 Å². The van der Waals surface area contributed by atoms with Gasteiger partial charge in [0, 0.05) is 0 Å². The van der Waals surface area contributed by atoms with E-state index in [4.69, 9.17) is 5.41 Å². The van der Waals surface area contributed by atoms with Crippen molar-refractivity contribution in [3.8, 4) is 0 Å². The van der Waals surface area contributed by atoms with Crippen LogP contribution >= 0.6 is 0 Å². The molecule has 0 spiro atoms. The number of fused-ring (bicyclic) bond motifs is 2. The molecule has 5 heteroatoms. The number of benzene rings is 1. The highest BCUT2D eigenvalue weighted by molar-refractivity contribution is 5.80. The summed E-state index contributed by atoms with van der Waals surface area (Å²) < 4.78 is 0. The number of rotatable bonds is 0. The number of para-hydroxylation sites is 2. The summed E-state index contributed by atoms with van der Waals surface area (Å²) in [5, 5.41) is 15.0. The highest BCUT2D eigenvalue weighted by Crippen LogP contribution is 2.08. The number of nitrogens with one attached hydrogen (secondary N) is 2. The molecule has 0 radical (unpaired) electrons. The van der Waals surface area contributed by atoms with Gasteiger partial charge in [-0.25, -0.2) is 9.97 Å². The molecular formula is C10H7N5. The normalized spacial score (nSPS) is 10.9. The fraction of sp³-hybridized carbons (Fsp3) is 0. The SMILES string of the molecule is N=c1nc2ccccc2nc2[nH]ncc12. The molecule has 0 atom stereocenters. The summed E-state index contributed by atoms with van der Waals surface area (Å²) in [5.74, 6) is 0. The molecule has 0 fully saturated rings. The minimum Gasteiger partial charge on any atom is -0.282 e. The van der Waals surface area contributed by atoms with E-state index in [-0.39, 0.29) is 5.49 Å². The van der Waals surface area contributed by atoms with Crippen LogP contribution in [0.25, 0.3) is 22.1 Å². The van der Waals surface area contributed by atoms with E-state index in [9.17, 15) is 0 Å². The first-order chi connectivity index (χ1) is 7.34. The second kappa shape index (κ2) is 2.84. The van der Waals surface area contributed by atoms with Gasteiger partial charge in [0.25, 0.3) is 0 Å². The van der Waals surface area contributed by atoms with Crippen LogP contribution in [0.3, 0.4) is 0 Å². The van der Waals surface area contributed by atoms with Crippen molar-refractivity contribution in [3.05, 3.63) is 36.0 Å². The molecule has 2 aromatic heterocycles. The molecular weight excluding hydrogens is 190 g/mol. The lowest BCUT2D eigenvalue weighted by Gasteiger charge is -1.86. The summed E-state index contributed by atoms with van der Waals surface area (Å²) in [6.07, 6.45) is 1.57. The molecule has 0 saturated carbocycles. The lowest BCUT2D eigenvalue weighted by Crippen LogP contribution is -2.00. The molecule has 0 bridgehead atoms. The van der Waals surface area contributed by atoms with Crippen LogP contribution in [0.1, 0.15) is 0 Å². The fourth-order valence-corrected chi connectivity index (χ4v) is 1.49. The average molecular weight is 197 g/mol. The zero-order chi connectivity index (χ0) is 10.3. The minimum absolute atomic E-state index is 0.187. The quantitative estimate of drug-likeness (QED) is 0.564. The first-order valence-electron chi connectivity index (χ1n) is 4.49. The molecule has 3 aromatic rings. The highest BCUT2D eigenvalue weighted by atomic mass is 15.1. The molecule has 0 amide bonds. The second-order valence-corrected chi connectivity index (χ2v) is 3.19. The summed E-state index contributed by atoms with van der Waals surface area (Å²) in [4.78, 5) is 8.54. The standard InChI is InChI=1S/C10H7N5/c11-9-6-5-12-15-10(6)14-8-4-2-1-3-7(8)13-9/h1-5,11H,(H,12,15). The highest BCUT2D eigenvalue weighted by Gasteiger charge is 2.00. The molecule has 0 aliphatic rings. The van der Waals surface area contributed by atoms with E-state index in [1.807, 2.05) is 24.3 Å². The van der Waals surface area contributed by atoms with Crippen molar-refractivity contribution < 1.29 is 0 Å². The minimum atomic E-state index is 0.187. The van der Waals surface area contributed by atoms with Gasteiger partial charge in [-0.15, -0.1) is 0 Å². The first kappa shape index (κ1) is 8.05. The van der Waals surface area contributed by atoms with Gasteiger partial charge in [0.05, 0.1) is 22.6 Å². The van der Waals surface area contributed by atoms with Crippen molar-refractivity contribution in [1.82, 2.24) is 20.2 Å². The van der Waals surface area contributed by atoms with Gasteiger partial charge in [-0.05, 0) is 12.1 Å². The molecule has 0 unspecified atom stereocenters. The molecule has 15 heavy (non-hydrogen) atoms. The molecule has 72 valence electrons. The predicted molar refractivity (Wildman–Crippen MR) is 55.0 cm³/mol. The van der Waals surface area contributed by atoms with Gasteiger partial charge >= 0.3 is 0 Å². The van der Waals surface area contributed by atoms with Gasteiger partial charge in [0.15, 0.2) is 11.1 Å². The Morgan fingerprint density at radius 3 is 2.60 bits per heavy atom. The van der Waals surface area contributed by atoms with Crippen molar-refractivity contribution in [1.29, 1.82) is 5.41 Å². The van der Waals surface area contributed by atoms with Gasteiger partial charge in [0.2, 0.25) is 0 Å². The van der Waals surface area contributed by atoms with Crippen molar-refractivity contribution in [2.45, 2.75) is 0 Å². The van der Waals surface area contributed by atoms with Crippen molar-refractivity contribution in [2.24, 2.45) is 0 Å². The van der Waals surface area contributed by atoms with Gasteiger partial charge in [0.1, 0.15) is 0 Å². The van der Waals surface area contributed by atoms with Crippen LogP contribution in [0.4, 0.5) is 0 Å².